The topological polar surface area (TPSA) is 18.5 Å². The van der Waals surface area contributed by atoms with Crippen LogP contribution in [-0.2, 0) is 11.2 Å². The van der Waals surface area contributed by atoms with Crippen molar-refractivity contribution >= 4 is 0 Å². The summed E-state index contributed by atoms with van der Waals surface area (Å²) in [6.07, 6.45) is 4.80. The molecular formula is C14H20O2. The van der Waals surface area contributed by atoms with Crippen LogP contribution in [0.5, 0.6) is 5.75 Å². The van der Waals surface area contributed by atoms with E-state index in [1.165, 1.54) is 12.0 Å². The molecule has 2 rings (SSSR count). The van der Waals surface area contributed by atoms with Crippen LogP contribution in [0.1, 0.15) is 31.7 Å². The molecule has 1 heterocycles. The molecule has 1 saturated heterocycles. The minimum atomic E-state index is 0.241. The third-order valence-electron chi connectivity index (χ3n) is 2.88. The van der Waals surface area contributed by atoms with Crippen LogP contribution in [0.4, 0.5) is 0 Å². The molecule has 2 heteroatoms. The normalized spacial score (nSPS) is 20.7. The second-order valence-corrected chi connectivity index (χ2v) is 4.35. The summed E-state index contributed by atoms with van der Waals surface area (Å²) in [4.78, 5) is 0. The lowest BCUT2D eigenvalue weighted by molar-refractivity contribution is 0.00742. The fraction of sp³-hybridized carbons (Fsp3) is 0.571. The zero-order chi connectivity index (χ0) is 11.2. The molecule has 88 valence electrons. The number of ether oxygens (including phenoxy) is 2. The van der Waals surface area contributed by atoms with Crippen LogP contribution >= 0.6 is 0 Å². The van der Waals surface area contributed by atoms with Crippen LogP contribution in [0.3, 0.4) is 0 Å². The number of benzene rings is 1. The molecule has 0 aromatic heterocycles. The predicted molar refractivity (Wildman–Crippen MR) is 64.9 cm³/mol. The summed E-state index contributed by atoms with van der Waals surface area (Å²) in [5.41, 5.74) is 1.38. The number of rotatable bonds is 4. The highest BCUT2D eigenvalue weighted by Crippen LogP contribution is 2.18. The van der Waals surface area contributed by atoms with E-state index in [1.54, 1.807) is 0 Å². The van der Waals surface area contributed by atoms with Crippen molar-refractivity contribution in [1.29, 1.82) is 0 Å². The molecule has 0 amide bonds. The van der Waals surface area contributed by atoms with E-state index < -0.39 is 0 Å². The van der Waals surface area contributed by atoms with Crippen molar-refractivity contribution in [3.8, 4) is 5.75 Å². The molecule has 1 fully saturated rings. The van der Waals surface area contributed by atoms with Crippen molar-refractivity contribution < 1.29 is 9.47 Å². The second kappa shape index (κ2) is 5.90. The Bertz CT molecular complexity index is 299. The van der Waals surface area contributed by atoms with Crippen LogP contribution in [0, 0.1) is 0 Å². The van der Waals surface area contributed by atoms with Gasteiger partial charge in [-0.15, -0.1) is 0 Å². The van der Waals surface area contributed by atoms with Gasteiger partial charge in [0.05, 0.1) is 6.61 Å². The van der Waals surface area contributed by atoms with E-state index in [0.29, 0.717) is 0 Å². The summed E-state index contributed by atoms with van der Waals surface area (Å²) in [7, 11) is 0. The van der Waals surface area contributed by atoms with E-state index >= 15 is 0 Å². The lowest BCUT2D eigenvalue weighted by Crippen LogP contribution is -2.27. The van der Waals surface area contributed by atoms with Gasteiger partial charge in [0.15, 0.2) is 0 Å². The average Bonchev–Trinajstić information content (AvgIpc) is 2.33. The zero-order valence-electron chi connectivity index (χ0n) is 9.95. The van der Waals surface area contributed by atoms with Gasteiger partial charge < -0.3 is 9.47 Å². The van der Waals surface area contributed by atoms with E-state index in [4.69, 9.17) is 9.47 Å². The maximum atomic E-state index is 5.86. The van der Waals surface area contributed by atoms with Gasteiger partial charge in [0, 0.05) is 6.61 Å². The largest absolute Gasteiger partial charge is 0.488 e. The minimum Gasteiger partial charge on any atom is -0.488 e. The fourth-order valence-corrected chi connectivity index (χ4v) is 2.02. The molecule has 0 aliphatic carbocycles. The van der Waals surface area contributed by atoms with Crippen LogP contribution in [0.15, 0.2) is 24.3 Å². The molecular weight excluding hydrogens is 200 g/mol. The van der Waals surface area contributed by atoms with Crippen molar-refractivity contribution in [3.05, 3.63) is 29.8 Å². The second-order valence-electron chi connectivity index (χ2n) is 4.35. The Kier molecular flexibility index (Phi) is 4.23. The molecule has 0 bridgehead atoms. The summed E-state index contributed by atoms with van der Waals surface area (Å²) in [6, 6.07) is 8.45. The zero-order valence-corrected chi connectivity index (χ0v) is 9.95. The maximum Gasteiger partial charge on any atom is 0.122 e. The molecule has 1 aliphatic rings. The summed E-state index contributed by atoms with van der Waals surface area (Å²) in [6.45, 7) is 3.82. The van der Waals surface area contributed by atoms with Crippen LogP contribution in [-0.4, -0.2) is 19.3 Å². The molecule has 0 N–H and O–H groups in total. The van der Waals surface area contributed by atoms with Gasteiger partial charge in [-0.3, -0.25) is 0 Å². The Morgan fingerprint density at radius 2 is 2.12 bits per heavy atom. The fourth-order valence-electron chi connectivity index (χ4n) is 2.02. The van der Waals surface area contributed by atoms with Crippen molar-refractivity contribution in [2.24, 2.45) is 0 Å². The molecule has 0 unspecified atom stereocenters. The first-order valence-electron chi connectivity index (χ1n) is 6.22. The number of hydrogen-bond donors (Lipinski definition) is 0. The van der Waals surface area contributed by atoms with Gasteiger partial charge in [0.2, 0.25) is 0 Å². The SMILES string of the molecule is CCCc1ccc(O[C@H]2CCCOC2)cc1. The van der Waals surface area contributed by atoms with Crippen LogP contribution < -0.4 is 4.74 Å². The summed E-state index contributed by atoms with van der Waals surface area (Å²) >= 11 is 0. The highest BCUT2D eigenvalue weighted by atomic mass is 16.5. The van der Waals surface area contributed by atoms with Gasteiger partial charge in [0.25, 0.3) is 0 Å². The first-order chi connectivity index (χ1) is 7.88. The van der Waals surface area contributed by atoms with Crippen molar-refractivity contribution in [2.45, 2.75) is 38.7 Å². The molecule has 2 nitrogen and oxygen atoms in total. The van der Waals surface area contributed by atoms with Gasteiger partial charge in [-0.05, 0) is 37.0 Å². The predicted octanol–water partition coefficient (Wildman–Crippen LogP) is 3.20. The monoisotopic (exact) mass is 220 g/mol. The van der Waals surface area contributed by atoms with E-state index in [9.17, 15) is 0 Å². The van der Waals surface area contributed by atoms with Crippen molar-refractivity contribution in [3.63, 3.8) is 0 Å². The van der Waals surface area contributed by atoms with Crippen molar-refractivity contribution in [2.75, 3.05) is 13.2 Å². The number of aryl methyl sites for hydroxylation is 1. The highest BCUT2D eigenvalue weighted by molar-refractivity contribution is 5.27. The first kappa shape index (κ1) is 11.5. The molecule has 1 aliphatic heterocycles. The lowest BCUT2D eigenvalue weighted by Gasteiger charge is -2.23. The number of hydrogen-bond acceptors (Lipinski definition) is 2. The Morgan fingerprint density at radius 1 is 1.31 bits per heavy atom. The molecule has 1 atom stereocenters. The molecule has 0 spiro atoms. The first-order valence-corrected chi connectivity index (χ1v) is 6.22. The summed E-state index contributed by atoms with van der Waals surface area (Å²) in [5.74, 6) is 0.968. The standard InChI is InChI=1S/C14H20O2/c1-2-4-12-6-8-13(9-7-12)16-14-5-3-10-15-11-14/h6-9,14H,2-5,10-11H2,1H3/t14-/m0/s1. The summed E-state index contributed by atoms with van der Waals surface area (Å²) in [5, 5.41) is 0. The van der Waals surface area contributed by atoms with Gasteiger partial charge in [-0.1, -0.05) is 25.5 Å². The van der Waals surface area contributed by atoms with Gasteiger partial charge in [-0.25, -0.2) is 0 Å². The Hall–Kier alpha value is -1.02. The molecule has 16 heavy (non-hydrogen) atoms. The average molecular weight is 220 g/mol. The molecule has 1 aromatic rings. The summed E-state index contributed by atoms with van der Waals surface area (Å²) < 4.78 is 11.3. The lowest BCUT2D eigenvalue weighted by atomic mass is 10.1. The van der Waals surface area contributed by atoms with Crippen molar-refractivity contribution in [1.82, 2.24) is 0 Å². The van der Waals surface area contributed by atoms with Gasteiger partial charge >= 0.3 is 0 Å². The van der Waals surface area contributed by atoms with E-state index in [2.05, 4.69) is 31.2 Å². The van der Waals surface area contributed by atoms with E-state index in [0.717, 1.165) is 38.2 Å². The Morgan fingerprint density at radius 3 is 2.75 bits per heavy atom. The van der Waals surface area contributed by atoms with E-state index in [-0.39, 0.29) is 6.10 Å². The molecule has 0 radical (unpaired) electrons. The maximum absolute atomic E-state index is 5.86. The van der Waals surface area contributed by atoms with Gasteiger partial charge in [-0.2, -0.15) is 0 Å². The van der Waals surface area contributed by atoms with E-state index in [1.807, 2.05) is 0 Å². The highest BCUT2D eigenvalue weighted by Gasteiger charge is 2.14. The third-order valence-corrected chi connectivity index (χ3v) is 2.88. The molecule has 1 aromatic carbocycles. The smallest absolute Gasteiger partial charge is 0.122 e. The van der Waals surface area contributed by atoms with Gasteiger partial charge in [0.1, 0.15) is 11.9 Å². The van der Waals surface area contributed by atoms with Crippen LogP contribution in [0.2, 0.25) is 0 Å². The van der Waals surface area contributed by atoms with Crippen LogP contribution in [0.25, 0.3) is 0 Å². The quantitative estimate of drug-likeness (QED) is 0.775. The minimum absolute atomic E-state index is 0.241. The Balaban J connectivity index is 1.88. The Labute approximate surface area is 97.6 Å². The third kappa shape index (κ3) is 3.24. The molecule has 0 saturated carbocycles.